The van der Waals surface area contributed by atoms with Crippen LogP contribution in [0.25, 0.3) is 0 Å². The third-order valence-electron chi connectivity index (χ3n) is 4.14. The molecule has 0 spiro atoms. The van der Waals surface area contributed by atoms with E-state index in [9.17, 15) is 4.79 Å². The van der Waals surface area contributed by atoms with Crippen LogP contribution in [0.1, 0.15) is 112 Å². The molecule has 0 N–H and O–H groups in total. The Hall–Kier alpha value is -0.530. The maximum atomic E-state index is 12.1. The molecule has 0 bridgehead atoms. The van der Waals surface area contributed by atoms with E-state index in [4.69, 9.17) is 4.74 Å². The van der Waals surface area contributed by atoms with Crippen molar-refractivity contribution in [2.75, 3.05) is 0 Å². The predicted octanol–water partition coefficient (Wildman–Crippen LogP) is 6.67. The molecule has 0 amide bonds. The van der Waals surface area contributed by atoms with E-state index < -0.39 is 0 Å². The van der Waals surface area contributed by atoms with E-state index in [1.807, 2.05) is 20.8 Å². The zero-order chi connectivity index (χ0) is 16.8. The Bertz CT molecular complexity index is 265. The van der Waals surface area contributed by atoms with Gasteiger partial charge < -0.3 is 4.74 Å². The summed E-state index contributed by atoms with van der Waals surface area (Å²) in [5.74, 6) is 0.0826. The van der Waals surface area contributed by atoms with Crippen molar-refractivity contribution < 1.29 is 9.53 Å². The number of hydrogen-bond donors (Lipinski definition) is 0. The summed E-state index contributed by atoms with van der Waals surface area (Å²) in [5, 5.41) is 0. The predicted molar refractivity (Wildman–Crippen MR) is 96.1 cm³/mol. The van der Waals surface area contributed by atoms with Crippen LogP contribution in [0.4, 0.5) is 0 Å². The van der Waals surface area contributed by atoms with Gasteiger partial charge in [-0.2, -0.15) is 0 Å². The van der Waals surface area contributed by atoms with Gasteiger partial charge in [-0.1, -0.05) is 78.1 Å². The fourth-order valence-electron chi connectivity index (χ4n) is 2.75. The SMILES string of the molecule is CCCCCCCCCCCCC(CC)C(=O)OC(C)(C)C. The average Bonchev–Trinajstić information content (AvgIpc) is 2.43. The molecule has 0 saturated heterocycles. The standard InChI is InChI=1S/C20H40O2/c1-6-8-9-10-11-12-13-14-15-16-17-18(7-2)19(21)22-20(3,4)5/h18H,6-17H2,1-5H3. The Morgan fingerprint density at radius 3 is 1.68 bits per heavy atom. The third-order valence-corrected chi connectivity index (χ3v) is 4.14. The second kappa shape index (κ2) is 13.0. The van der Waals surface area contributed by atoms with Crippen LogP contribution >= 0.6 is 0 Å². The molecule has 0 aliphatic carbocycles. The second-order valence-electron chi connectivity index (χ2n) is 7.61. The number of unbranched alkanes of at least 4 members (excludes halogenated alkanes) is 9. The second-order valence-corrected chi connectivity index (χ2v) is 7.61. The first-order valence-corrected chi connectivity index (χ1v) is 9.63. The van der Waals surface area contributed by atoms with Gasteiger partial charge in [0.1, 0.15) is 5.60 Å². The van der Waals surface area contributed by atoms with Gasteiger partial charge in [-0.25, -0.2) is 0 Å². The van der Waals surface area contributed by atoms with Crippen LogP contribution in [0.5, 0.6) is 0 Å². The minimum atomic E-state index is -0.359. The van der Waals surface area contributed by atoms with Crippen molar-refractivity contribution in [1.29, 1.82) is 0 Å². The van der Waals surface area contributed by atoms with Crippen molar-refractivity contribution in [3.63, 3.8) is 0 Å². The molecular formula is C20H40O2. The lowest BCUT2D eigenvalue weighted by Gasteiger charge is -2.23. The minimum absolute atomic E-state index is 0.00840. The van der Waals surface area contributed by atoms with Gasteiger partial charge >= 0.3 is 5.97 Å². The normalized spacial score (nSPS) is 13.1. The van der Waals surface area contributed by atoms with Gasteiger partial charge in [0.25, 0.3) is 0 Å². The smallest absolute Gasteiger partial charge is 0.309 e. The first-order chi connectivity index (χ1) is 10.4. The molecule has 0 aromatic heterocycles. The minimum Gasteiger partial charge on any atom is -0.460 e. The molecule has 2 heteroatoms. The molecule has 0 aliphatic heterocycles. The molecule has 0 aromatic rings. The maximum Gasteiger partial charge on any atom is 0.309 e. The van der Waals surface area contributed by atoms with Crippen LogP contribution in [0.15, 0.2) is 0 Å². The Morgan fingerprint density at radius 1 is 0.818 bits per heavy atom. The van der Waals surface area contributed by atoms with Crippen molar-refractivity contribution in [2.45, 2.75) is 117 Å². The summed E-state index contributed by atoms with van der Waals surface area (Å²) < 4.78 is 5.49. The molecule has 0 heterocycles. The molecule has 0 rings (SSSR count). The molecule has 0 fully saturated rings. The van der Waals surface area contributed by atoms with Gasteiger partial charge in [-0.15, -0.1) is 0 Å². The molecular weight excluding hydrogens is 272 g/mol. The van der Waals surface area contributed by atoms with E-state index in [1.54, 1.807) is 0 Å². The fraction of sp³-hybridized carbons (Fsp3) is 0.950. The van der Waals surface area contributed by atoms with Gasteiger partial charge in [-0.3, -0.25) is 4.79 Å². The van der Waals surface area contributed by atoms with E-state index in [0.717, 1.165) is 19.3 Å². The lowest BCUT2D eigenvalue weighted by molar-refractivity contribution is -0.160. The highest BCUT2D eigenvalue weighted by Crippen LogP contribution is 2.20. The highest BCUT2D eigenvalue weighted by atomic mass is 16.6. The van der Waals surface area contributed by atoms with Crippen LogP contribution in [-0.2, 0) is 9.53 Å². The molecule has 0 aromatic carbocycles. The molecule has 1 atom stereocenters. The van der Waals surface area contributed by atoms with Crippen LogP contribution in [0.2, 0.25) is 0 Å². The summed E-state index contributed by atoms with van der Waals surface area (Å²) in [6.45, 7) is 10.2. The summed E-state index contributed by atoms with van der Waals surface area (Å²) in [6, 6.07) is 0. The molecule has 1 unspecified atom stereocenters. The zero-order valence-corrected chi connectivity index (χ0v) is 15.9. The third kappa shape index (κ3) is 13.2. The molecule has 0 aliphatic rings. The van der Waals surface area contributed by atoms with Gasteiger partial charge in [0.2, 0.25) is 0 Å². The van der Waals surface area contributed by atoms with E-state index in [-0.39, 0.29) is 17.5 Å². The Kier molecular flexibility index (Phi) is 12.6. The summed E-state index contributed by atoms with van der Waals surface area (Å²) in [6.07, 6.45) is 15.3. The first-order valence-electron chi connectivity index (χ1n) is 9.63. The lowest BCUT2D eigenvalue weighted by Crippen LogP contribution is -2.28. The number of carbonyl (C=O) groups excluding carboxylic acids is 1. The maximum absolute atomic E-state index is 12.1. The topological polar surface area (TPSA) is 26.3 Å². The van der Waals surface area contributed by atoms with Gasteiger partial charge in [0.05, 0.1) is 5.92 Å². The van der Waals surface area contributed by atoms with E-state index in [1.165, 1.54) is 57.8 Å². The lowest BCUT2D eigenvalue weighted by atomic mass is 9.97. The Morgan fingerprint density at radius 2 is 1.27 bits per heavy atom. The van der Waals surface area contributed by atoms with Crippen LogP contribution in [-0.4, -0.2) is 11.6 Å². The molecule has 2 nitrogen and oxygen atoms in total. The van der Waals surface area contributed by atoms with Crippen molar-refractivity contribution in [3.8, 4) is 0 Å². The number of rotatable bonds is 13. The largest absolute Gasteiger partial charge is 0.460 e. The molecule has 0 radical (unpaired) electrons. The van der Waals surface area contributed by atoms with E-state index in [0.29, 0.717) is 0 Å². The van der Waals surface area contributed by atoms with Crippen LogP contribution in [0.3, 0.4) is 0 Å². The molecule has 0 saturated carbocycles. The Balaban J connectivity index is 3.57. The first kappa shape index (κ1) is 21.5. The fourth-order valence-corrected chi connectivity index (χ4v) is 2.75. The zero-order valence-electron chi connectivity index (χ0n) is 15.9. The van der Waals surface area contributed by atoms with Crippen LogP contribution in [0, 0.1) is 5.92 Å². The molecule has 132 valence electrons. The van der Waals surface area contributed by atoms with Crippen molar-refractivity contribution in [1.82, 2.24) is 0 Å². The van der Waals surface area contributed by atoms with Gasteiger partial charge in [0, 0.05) is 0 Å². The summed E-state index contributed by atoms with van der Waals surface area (Å²) in [5.41, 5.74) is -0.359. The Labute approximate surface area is 139 Å². The quantitative estimate of drug-likeness (QED) is 0.280. The summed E-state index contributed by atoms with van der Waals surface area (Å²) in [4.78, 5) is 12.1. The summed E-state index contributed by atoms with van der Waals surface area (Å²) >= 11 is 0. The van der Waals surface area contributed by atoms with Crippen molar-refractivity contribution in [2.24, 2.45) is 5.92 Å². The number of carbonyl (C=O) groups is 1. The molecule has 22 heavy (non-hydrogen) atoms. The highest BCUT2D eigenvalue weighted by molar-refractivity contribution is 5.72. The van der Waals surface area contributed by atoms with Crippen molar-refractivity contribution >= 4 is 5.97 Å². The van der Waals surface area contributed by atoms with E-state index in [2.05, 4.69) is 13.8 Å². The van der Waals surface area contributed by atoms with Gasteiger partial charge in [-0.05, 0) is 33.6 Å². The number of ether oxygens (including phenoxy) is 1. The van der Waals surface area contributed by atoms with E-state index >= 15 is 0 Å². The average molecular weight is 313 g/mol. The van der Waals surface area contributed by atoms with Crippen LogP contribution < -0.4 is 0 Å². The number of hydrogen-bond acceptors (Lipinski definition) is 2. The number of esters is 1. The van der Waals surface area contributed by atoms with Crippen molar-refractivity contribution in [3.05, 3.63) is 0 Å². The summed E-state index contributed by atoms with van der Waals surface area (Å²) in [7, 11) is 0. The highest BCUT2D eigenvalue weighted by Gasteiger charge is 2.23. The monoisotopic (exact) mass is 312 g/mol. The van der Waals surface area contributed by atoms with Gasteiger partial charge in [0.15, 0.2) is 0 Å².